The number of morpholine rings is 1. The third kappa shape index (κ3) is 3.61. The van der Waals surface area contributed by atoms with Crippen molar-refractivity contribution in [3.8, 4) is 11.5 Å². The van der Waals surface area contributed by atoms with Crippen LogP contribution in [0.1, 0.15) is 17.3 Å². The van der Waals surface area contributed by atoms with E-state index in [9.17, 15) is 15.0 Å². The van der Waals surface area contributed by atoms with Gasteiger partial charge >= 0.3 is 0 Å². The molecule has 0 aromatic heterocycles. The Labute approximate surface area is 118 Å². The molecule has 6 heteroatoms. The number of amides is 1. The van der Waals surface area contributed by atoms with Gasteiger partial charge in [-0.05, 0) is 19.1 Å². The van der Waals surface area contributed by atoms with E-state index in [1.54, 1.807) is 0 Å². The van der Waals surface area contributed by atoms with Crippen LogP contribution in [-0.2, 0) is 4.74 Å². The van der Waals surface area contributed by atoms with Gasteiger partial charge in [0, 0.05) is 31.7 Å². The van der Waals surface area contributed by atoms with Crippen molar-refractivity contribution in [3.63, 3.8) is 0 Å². The van der Waals surface area contributed by atoms with Gasteiger partial charge in [-0.15, -0.1) is 0 Å². The van der Waals surface area contributed by atoms with Crippen LogP contribution in [-0.4, -0.2) is 59.9 Å². The maximum absolute atomic E-state index is 12.0. The molecule has 0 spiro atoms. The van der Waals surface area contributed by atoms with Gasteiger partial charge in [0.1, 0.15) is 11.5 Å². The van der Waals surface area contributed by atoms with E-state index in [2.05, 4.69) is 10.2 Å². The number of phenols is 2. The topological polar surface area (TPSA) is 82.0 Å². The van der Waals surface area contributed by atoms with E-state index in [1.807, 2.05) is 6.92 Å². The van der Waals surface area contributed by atoms with Gasteiger partial charge in [-0.1, -0.05) is 0 Å². The van der Waals surface area contributed by atoms with Crippen LogP contribution in [0.2, 0.25) is 0 Å². The molecule has 1 aromatic carbocycles. The Hall–Kier alpha value is -1.79. The molecule has 1 amide bonds. The number of carbonyl (C=O) groups is 1. The van der Waals surface area contributed by atoms with E-state index in [0.717, 1.165) is 32.4 Å². The van der Waals surface area contributed by atoms with Gasteiger partial charge in [0.2, 0.25) is 0 Å². The summed E-state index contributed by atoms with van der Waals surface area (Å²) in [6.07, 6.45) is 0. The number of phenolic OH excluding ortho intramolecular Hbond substituents is 2. The number of benzene rings is 1. The zero-order chi connectivity index (χ0) is 14.5. The maximum atomic E-state index is 12.0. The van der Waals surface area contributed by atoms with Crippen molar-refractivity contribution >= 4 is 5.91 Å². The summed E-state index contributed by atoms with van der Waals surface area (Å²) < 4.78 is 5.29. The summed E-state index contributed by atoms with van der Waals surface area (Å²) in [5.74, 6) is -0.634. The molecule has 3 N–H and O–H groups in total. The first-order chi connectivity index (χ1) is 9.58. The van der Waals surface area contributed by atoms with E-state index in [4.69, 9.17) is 4.74 Å². The zero-order valence-corrected chi connectivity index (χ0v) is 11.5. The van der Waals surface area contributed by atoms with Crippen LogP contribution in [0.25, 0.3) is 0 Å². The second-order valence-electron chi connectivity index (χ2n) is 4.91. The molecule has 1 aromatic rings. The van der Waals surface area contributed by atoms with Gasteiger partial charge in [-0.2, -0.15) is 0 Å². The van der Waals surface area contributed by atoms with Gasteiger partial charge < -0.3 is 20.3 Å². The van der Waals surface area contributed by atoms with Gasteiger partial charge in [0.25, 0.3) is 5.91 Å². The van der Waals surface area contributed by atoms with Crippen LogP contribution < -0.4 is 5.32 Å². The SMILES string of the molecule is C[C@H](CNC(=O)c1ccc(O)cc1O)N1CCOCC1. The molecule has 1 aliphatic rings. The lowest BCUT2D eigenvalue weighted by Gasteiger charge is -2.32. The number of nitrogens with one attached hydrogen (secondary N) is 1. The summed E-state index contributed by atoms with van der Waals surface area (Å²) in [4.78, 5) is 14.2. The number of carbonyl (C=O) groups excluding carboxylic acids is 1. The van der Waals surface area contributed by atoms with Gasteiger partial charge in [-0.25, -0.2) is 0 Å². The molecule has 6 nitrogen and oxygen atoms in total. The number of rotatable bonds is 4. The van der Waals surface area contributed by atoms with E-state index >= 15 is 0 Å². The minimum Gasteiger partial charge on any atom is -0.508 e. The minimum atomic E-state index is -0.345. The van der Waals surface area contributed by atoms with Crippen LogP contribution in [0.3, 0.4) is 0 Å². The van der Waals surface area contributed by atoms with Crippen molar-refractivity contribution in [1.82, 2.24) is 10.2 Å². The monoisotopic (exact) mass is 280 g/mol. The van der Waals surface area contributed by atoms with Crippen molar-refractivity contribution in [3.05, 3.63) is 23.8 Å². The van der Waals surface area contributed by atoms with Crippen molar-refractivity contribution in [2.24, 2.45) is 0 Å². The molecule has 0 aliphatic carbocycles. The smallest absolute Gasteiger partial charge is 0.255 e. The normalized spacial score (nSPS) is 17.6. The maximum Gasteiger partial charge on any atom is 0.255 e. The van der Waals surface area contributed by atoms with Gasteiger partial charge in [-0.3, -0.25) is 9.69 Å². The summed E-state index contributed by atoms with van der Waals surface area (Å²) in [6.45, 7) is 5.71. The molecule has 1 fully saturated rings. The Morgan fingerprint density at radius 1 is 1.40 bits per heavy atom. The van der Waals surface area contributed by atoms with Crippen LogP contribution in [0.15, 0.2) is 18.2 Å². The summed E-state index contributed by atoms with van der Waals surface area (Å²) in [6, 6.07) is 4.14. The Bertz CT molecular complexity index is 472. The molecule has 20 heavy (non-hydrogen) atoms. The average molecular weight is 280 g/mol. The molecule has 1 atom stereocenters. The fourth-order valence-electron chi connectivity index (χ4n) is 2.20. The van der Waals surface area contributed by atoms with Crippen LogP contribution in [0, 0.1) is 0 Å². The summed E-state index contributed by atoms with van der Waals surface area (Å²) in [5, 5.41) is 21.6. The van der Waals surface area contributed by atoms with Gasteiger partial charge in [0.05, 0.1) is 18.8 Å². The standard InChI is InChI=1S/C14H20N2O4/c1-10(16-4-6-20-7-5-16)9-15-14(19)12-3-2-11(17)8-13(12)18/h2-3,8,10,17-18H,4-7,9H2,1H3,(H,15,19)/t10-/m1/s1. The minimum absolute atomic E-state index is 0.0688. The number of hydrogen-bond acceptors (Lipinski definition) is 5. The first-order valence-corrected chi connectivity index (χ1v) is 6.70. The van der Waals surface area contributed by atoms with Crippen LogP contribution in [0.5, 0.6) is 11.5 Å². The third-order valence-corrected chi connectivity index (χ3v) is 3.45. The lowest BCUT2D eigenvalue weighted by atomic mass is 10.1. The first-order valence-electron chi connectivity index (χ1n) is 6.70. The molecule has 1 heterocycles. The average Bonchev–Trinajstić information content (AvgIpc) is 2.45. The number of nitrogens with zero attached hydrogens (tertiary/aromatic N) is 1. The molecule has 110 valence electrons. The predicted octanol–water partition coefficient (Wildman–Crippen LogP) is 0.548. The molecule has 0 saturated carbocycles. The number of hydrogen-bond donors (Lipinski definition) is 3. The lowest BCUT2D eigenvalue weighted by molar-refractivity contribution is 0.0204. The first kappa shape index (κ1) is 14.6. The summed E-state index contributed by atoms with van der Waals surface area (Å²) in [5.41, 5.74) is 0.164. The quantitative estimate of drug-likeness (QED) is 0.750. The largest absolute Gasteiger partial charge is 0.508 e. The zero-order valence-electron chi connectivity index (χ0n) is 11.5. The molecule has 1 saturated heterocycles. The van der Waals surface area contributed by atoms with Crippen molar-refractivity contribution < 1.29 is 19.7 Å². The molecule has 0 unspecified atom stereocenters. The Morgan fingerprint density at radius 3 is 2.75 bits per heavy atom. The predicted molar refractivity (Wildman–Crippen MR) is 74.0 cm³/mol. The van der Waals surface area contributed by atoms with E-state index in [-0.39, 0.29) is 29.0 Å². The molecular formula is C14H20N2O4. The van der Waals surface area contributed by atoms with E-state index < -0.39 is 0 Å². The van der Waals surface area contributed by atoms with Crippen LogP contribution >= 0.6 is 0 Å². The fourth-order valence-corrected chi connectivity index (χ4v) is 2.20. The van der Waals surface area contributed by atoms with E-state index in [1.165, 1.54) is 12.1 Å². The summed E-state index contributed by atoms with van der Waals surface area (Å²) >= 11 is 0. The third-order valence-electron chi connectivity index (χ3n) is 3.45. The highest BCUT2D eigenvalue weighted by Gasteiger charge is 2.18. The van der Waals surface area contributed by atoms with Crippen molar-refractivity contribution in [2.45, 2.75) is 13.0 Å². The number of aromatic hydroxyl groups is 2. The van der Waals surface area contributed by atoms with E-state index in [0.29, 0.717) is 6.54 Å². The number of ether oxygens (including phenoxy) is 1. The molecular weight excluding hydrogens is 260 g/mol. The van der Waals surface area contributed by atoms with Crippen LogP contribution in [0.4, 0.5) is 0 Å². The molecule has 0 radical (unpaired) electrons. The highest BCUT2D eigenvalue weighted by molar-refractivity contribution is 5.97. The second kappa shape index (κ2) is 6.58. The highest BCUT2D eigenvalue weighted by atomic mass is 16.5. The Morgan fingerprint density at radius 2 is 2.10 bits per heavy atom. The highest BCUT2D eigenvalue weighted by Crippen LogP contribution is 2.22. The fraction of sp³-hybridized carbons (Fsp3) is 0.500. The van der Waals surface area contributed by atoms with Crippen molar-refractivity contribution in [1.29, 1.82) is 0 Å². The molecule has 1 aliphatic heterocycles. The Balaban J connectivity index is 1.88. The molecule has 2 rings (SSSR count). The van der Waals surface area contributed by atoms with Crippen molar-refractivity contribution in [2.75, 3.05) is 32.8 Å². The summed E-state index contributed by atoms with van der Waals surface area (Å²) in [7, 11) is 0. The molecule has 0 bridgehead atoms. The Kier molecular flexibility index (Phi) is 4.81. The lowest BCUT2D eigenvalue weighted by Crippen LogP contribution is -2.47. The second-order valence-corrected chi connectivity index (χ2v) is 4.91. The van der Waals surface area contributed by atoms with Gasteiger partial charge in [0.15, 0.2) is 0 Å².